The molecule has 0 spiro atoms. The number of nitrogens with zero attached hydrogens (tertiary/aromatic N) is 1. The first-order valence-electron chi connectivity index (χ1n) is 3.63. The van der Waals surface area contributed by atoms with Crippen molar-refractivity contribution in [2.24, 2.45) is 0 Å². The molecule has 0 aromatic carbocycles. The zero-order valence-corrected chi connectivity index (χ0v) is 8.69. The van der Waals surface area contributed by atoms with E-state index in [0.29, 0.717) is 4.99 Å². The van der Waals surface area contributed by atoms with E-state index in [0.717, 1.165) is 5.00 Å². The monoisotopic (exact) mass is 215 g/mol. The third-order valence-electron chi connectivity index (χ3n) is 1.51. The molecular weight excluding hydrogens is 206 g/mol. The van der Waals surface area contributed by atoms with E-state index in [-0.39, 0.29) is 6.42 Å². The normalized spacial score (nSPS) is 9.62. The number of rotatable bonds is 3. The van der Waals surface area contributed by atoms with Crippen molar-refractivity contribution in [2.75, 3.05) is 11.9 Å². The van der Waals surface area contributed by atoms with E-state index in [1.807, 2.05) is 17.5 Å². The van der Waals surface area contributed by atoms with E-state index in [9.17, 15) is 4.79 Å². The molecule has 0 aliphatic carbocycles. The summed E-state index contributed by atoms with van der Waals surface area (Å²) in [6.45, 7) is 0. The van der Waals surface area contributed by atoms with Gasteiger partial charge in [-0.2, -0.15) is 0 Å². The molecule has 0 bridgehead atoms. The SMILES string of the molecule is CN(C(=S)CC(=O)O)c1cccs1. The van der Waals surface area contributed by atoms with Crippen LogP contribution in [0.25, 0.3) is 0 Å². The fraction of sp³-hybridized carbons (Fsp3) is 0.250. The molecule has 1 aromatic rings. The maximum Gasteiger partial charge on any atom is 0.310 e. The molecule has 0 radical (unpaired) electrons. The van der Waals surface area contributed by atoms with Crippen LogP contribution in [-0.4, -0.2) is 23.1 Å². The predicted octanol–water partition coefficient (Wildman–Crippen LogP) is 1.99. The highest BCUT2D eigenvalue weighted by molar-refractivity contribution is 7.80. The predicted molar refractivity (Wildman–Crippen MR) is 57.6 cm³/mol. The summed E-state index contributed by atoms with van der Waals surface area (Å²) in [5.74, 6) is -0.895. The zero-order chi connectivity index (χ0) is 9.84. The molecule has 0 aliphatic heterocycles. The molecule has 0 unspecified atom stereocenters. The third-order valence-corrected chi connectivity index (χ3v) is 2.88. The molecule has 1 heterocycles. The van der Waals surface area contributed by atoms with Crippen LogP contribution in [0.5, 0.6) is 0 Å². The minimum Gasteiger partial charge on any atom is -0.481 e. The minimum absolute atomic E-state index is 0.0935. The van der Waals surface area contributed by atoms with Gasteiger partial charge in [-0.3, -0.25) is 4.79 Å². The van der Waals surface area contributed by atoms with Gasteiger partial charge < -0.3 is 10.0 Å². The Labute approximate surface area is 85.6 Å². The van der Waals surface area contributed by atoms with Gasteiger partial charge in [-0.1, -0.05) is 12.2 Å². The summed E-state index contributed by atoms with van der Waals surface area (Å²) in [7, 11) is 1.77. The first-order chi connectivity index (χ1) is 6.11. The van der Waals surface area contributed by atoms with Gasteiger partial charge in [-0.05, 0) is 17.5 Å². The van der Waals surface area contributed by atoms with E-state index in [1.54, 1.807) is 11.9 Å². The Kier molecular flexibility index (Phi) is 3.39. The highest BCUT2D eigenvalue weighted by atomic mass is 32.1. The zero-order valence-electron chi connectivity index (χ0n) is 7.06. The van der Waals surface area contributed by atoms with Gasteiger partial charge in [0.2, 0.25) is 0 Å². The lowest BCUT2D eigenvalue weighted by Gasteiger charge is -2.16. The highest BCUT2D eigenvalue weighted by Gasteiger charge is 2.10. The Morgan fingerprint density at radius 1 is 1.77 bits per heavy atom. The summed E-state index contributed by atoms with van der Waals surface area (Å²) in [5, 5.41) is 11.4. The largest absolute Gasteiger partial charge is 0.481 e. The molecule has 5 heteroatoms. The fourth-order valence-electron chi connectivity index (χ4n) is 0.832. The minimum atomic E-state index is -0.895. The molecule has 0 fully saturated rings. The van der Waals surface area contributed by atoms with Crippen LogP contribution in [0.3, 0.4) is 0 Å². The van der Waals surface area contributed by atoms with Crippen LogP contribution >= 0.6 is 23.6 Å². The van der Waals surface area contributed by atoms with Crippen LogP contribution in [0.1, 0.15) is 6.42 Å². The molecule has 0 aliphatic rings. The van der Waals surface area contributed by atoms with Crippen LogP contribution in [0.2, 0.25) is 0 Å². The second-order valence-electron chi connectivity index (χ2n) is 2.47. The lowest BCUT2D eigenvalue weighted by molar-refractivity contribution is -0.135. The van der Waals surface area contributed by atoms with Gasteiger partial charge in [-0.25, -0.2) is 0 Å². The second-order valence-corrected chi connectivity index (χ2v) is 3.87. The maximum absolute atomic E-state index is 10.4. The number of anilines is 1. The van der Waals surface area contributed by atoms with Crippen molar-refractivity contribution in [2.45, 2.75) is 6.42 Å². The quantitative estimate of drug-likeness (QED) is 0.783. The second kappa shape index (κ2) is 4.34. The number of thiophene rings is 1. The smallest absolute Gasteiger partial charge is 0.310 e. The van der Waals surface area contributed by atoms with Gasteiger partial charge in [0, 0.05) is 7.05 Å². The average Bonchev–Trinajstić information content (AvgIpc) is 2.53. The number of thiocarbonyl (C=S) groups is 1. The van der Waals surface area contributed by atoms with Crippen molar-refractivity contribution in [3.8, 4) is 0 Å². The number of aliphatic carboxylic acids is 1. The first kappa shape index (κ1) is 10.1. The molecule has 1 aromatic heterocycles. The van der Waals surface area contributed by atoms with Crippen LogP contribution in [0.4, 0.5) is 5.00 Å². The number of hydrogen-bond acceptors (Lipinski definition) is 3. The van der Waals surface area contributed by atoms with Crippen LogP contribution in [-0.2, 0) is 4.79 Å². The Hall–Kier alpha value is -0.940. The summed E-state index contributed by atoms with van der Waals surface area (Å²) >= 11 is 6.48. The number of hydrogen-bond donors (Lipinski definition) is 1. The van der Waals surface area contributed by atoms with Gasteiger partial charge in [0.1, 0.15) is 0 Å². The van der Waals surface area contributed by atoms with E-state index >= 15 is 0 Å². The van der Waals surface area contributed by atoms with E-state index < -0.39 is 5.97 Å². The van der Waals surface area contributed by atoms with Crippen LogP contribution in [0, 0.1) is 0 Å². The van der Waals surface area contributed by atoms with Gasteiger partial charge in [0.05, 0.1) is 16.4 Å². The number of carboxylic acids is 1. The van der Waals surface area contributed by atoms with Gasteiger partial charge in [0.15, 0.2) is 0 Å². The van der Waals surface area contributed by atoms with Gasteiger partial charge in [-0.15, -0.1) is 11.3 Å². The molecule has 0 saturated heterocycles. The third kappa shape index (κ3) is 2.78. The van der Waals surface area contributed by atoms with Crippen molar-refractivity contribution < 1.29 is 9.90 Å². The van der Waals surface area contributed by atoms with E-state index in [1.165, 1.54) is 11.3 Å². The molecule has 0 atom stereocenters. The lowest BCUT2D eigenvalue weighted by atomic mass is 10.4. The van der Waals surface area contributed by atoms with Crippen molar-refractivity contribution in [1.29, 1.82) is 0 Å². The summed E-state index contributed by atoms with van der Waals surface area (Å²) in [6.07, 6.45) is -0.0935. The molecule has 0 amide bonds. The van der Waals surface area contributed by atoms with E-state index in [2.05, 4.69) is 0 Å². The summed E-state index contributed by atoms with van der Waals surface area (Å²) in [6, 6.07) is 3.80. The van der Waals surface area contributed by atoms with Crippen LogP contribution < -0.4 is 4.90 Å². The van der Waals surface area contributed by atoms with Gasteiger partial charge in [0.25, 0.3) is 0 Å². The molecule has 3 nitrogen and oxygen atoms in total. The van der Waals surface area contributed by atoms with Crippen LogP contribution in [0.15, 0.2) is 17.5 Å². The number of carbonyl (C=O) groups is 1. The Bertz CT molecular complexity index is 308. The molecule has 0 saturated carbocycles. The van der Waals surface area contributed by atoms with E-state index in [4.69, 9.17) is 17.3 Å². The lowest BCUT2D eigenvalue weighted by Crippen LogP contribution is -2.25. The van der Waals surface area contributed by atoms with Crippen molar-refractivity contribution in [3.63, 3.8) is 0 Å². The van der Waals surface area contributed by atoms with Gasteiger partial charge >= 0.3 is 5.97 Å². The maximum atomic E-state index is 10.4. The fourth-order valence-corrected chi connectivity index (χ4v) is 1.83. The molecular formula is C8H9NO2S2. The molecule has 70 valence electrons. The summed E-state index contributed by atoms with van der Waals surface area (Å²) in [4.78, 5) is 12.5. The highest BCUT2D eigenvalue weighted by Crippen LogP contribution is 2.20. The molecule has 13 heavy (non-hydrogen) atoms. The average molecular weight is 215 g/mol. The Morgan fingerprint density at radius 3 is 2.92 bits per heavy atom. The first-order valence-corrected chi connectivity index (χ1v) is 4.92. The van der Waals surface area contributed by atoms with Crippen molar-refractivity contribution >= 4 is 39.5 Å². The van der Waals surface area contributed by atoms with Crippen molar-refractivity contribution in [1.82, 2.24) is 0 Å². The Morgan fingerprint density at radius 2 is 2.46 bits per heavy atom. The molecule has 1 N–H and O–H groups in total. The summed E-state index contributed by atoms with van der Waals surface area (Å²) in [5.41, 5.74) is 0. The molecule has 1 rings (SSSR count). The topological polar surface area (TPSA) is 40.5 Å². The standard InChI is InChI=1S/C8H9NO2S2/c1-9(6(12)5-8(10)11)7-3-2-4-13-7/h2-4H,5H2,1H3,(H,10,11). The summed E-state index contributed by atoms with van der Waals surface area (Å²) < 4.78 is 0. The number of carboxylic acid groups (broad SMARTS) is 1. The van der Waals surface area contributed by atoms with Crippen molar-refractivity contribution in [3.05, 3.63) is 17.5 Å². The Balaban J connectivity index is 2.63.